The van der Waals surface area contributed by atoms with Gasteiger partial charge in [0.05, 0.1) is 17.6 Å². The Balaban J connectivity index is 1.50. The molecular weight excluding hydrogens is 370 g/mol. The number of halogens is 1. The van der Waals surface area contributed by atoms with E-state index in [1.807, 2.05) is 30.3 Å². The van der Waals surface area contributed by atoms with Crippen molar-refractivity contribution >= 4 is 17.6 Å². The lowest BCUT2D eigenvalue weighted by Crippen LogP contribution is -2.07. The minimum atomic E-state index is -0.581. The van der Waals surface area contributed by atoms with Gasteiger partial charge >= 0.3 is 5.97 Å². The lowest BCUT2D eigenvalue weighted by Gasteiger charge is -2.04. The van der Waals surface area contributed by atoms with Gasteiger partial charge in [0.1, 0.15) is 23.0 Å². The number of furan rings is 1. The van der Waals surface area contributed by atoms with Crippen molar-refractivity contribution in [2.24, 2.45) is 0 Å². The van der Waals surface area contributed by atoms with Crippen LogP contribution in [0, 0.1) is 6.92 Å². The van der Waals surface area contributed by atoms with E-state index in [4.69, 9.17) is 25.3 Å². The van der Waals surface area contributed by atoms with Gasteiger partial charge in [-0.2, -0.15) is 5.10 Å². The molecule has 0 aliphatic carbocycles. The first-order chi connectivity index (χ1) is 13.1. The maximum Gasteiger partial charge on any atom is 0.343 e. The van der Waals surface area contributed by atoms with E-state index in [-0.39, 0.29) is 17.3 Å². The molecular formula is C19H14ClN3O4. The summed E-state index contributed by atoms with van der Waals surface area (Å²) in [6, 6.07) is 14.4. The molecule has 0 unspecified atom stereocenters. The van der Waals surface area contributed by atoms with Crippen molar-refractivity contribution in [2.75, 3.05) is 0 Å². The Labute approximate surface area is 159 Å². The second kappa shape index (κ2) is 7.13. The summed E-state index contributed by atoms with van der Waals surface area (Å²) >= 11 is 6.37. The largest absolute Gasteiger partial charge is 0.461 e. The van der Waals surface area contributed by atoms with E-state index >= 15 is 0 Å². The van der Waals surface area contributed by atoms with Crippen LogP contribution in [-0.4, -0.2) is 20.9 Å². The zero-order valence-corrected chi connectivity index (χ0v) is 15.0. The van der Waals surface area contributed by atoms with E-state index in [9.17, 15) is 4.79 Å². The fourth-order valence-electron chi connectivity index (χ4n) is 2.60. The lowest BCUT2D eigenvalue weighted by atomic mass is 10.2. The molecule has 7 nitrogen and oxygen atoms in total. The average Bonchev–Trinajstić information content (AvgIpc) is 3.41. The van der Waals surface area contributed by atoms with Gasteiger partial charge in [0, 0.05) is 6.07 Å². The maximum absolute atomic E-state index is 12.5. The number of aryl methyl sites for hydroxylation is 1. The maximum atomic E-state index is 12.5. The minimum Gasteiger partial charge on any atom is -0.461 e. The zero-order valence-electron chi connectivity index (χ0n) is 14.3. The highest BCUT2D eigenvalue weighted by Crippen LogP contribution is 2.25. The molecule has 0 spiro atoms. The fraction of sp³-hybridized carbons (Fsp3) is 0.105. The quantitative estimate of drug-likeness (QED) is 0.474. The lowest BCUT2D eigenvalue weighted by molar-refractivity contribution is 0.0463. The molecule has 3 heterocycles. The molecule has 0 radical (unpaired) electrons. The molecule has 0 aliphatic heterocycles. The van der Waals surface area contributed by atoms with Gasteiger partial charge in [-0.3, -0.25) is 0 Å². The summed E-state index contributed by atoms with van der Waals surface area (Å²) in [5.41, 5.74) is 1.91. The van der Waals surface area contributed by atoms with Gasteiger partial charge in [-0.1, -0.05) is 35.0 Å². The van der Waals surface area contributed by atoms with Crippen molar-refractivity contribution in [3.8, 4) is 17.2 Å². The number of esters is 1. The molecule has 0 fully saturated rings. The van der Waals surface area contributed by atoms with Crippen molar-refractivity contribution in [2.45, 2.75) is 13.5 Å². The van der Waals surface area contributed by atoms with Crippen LogP contribution in [0.25, 0.3) is 17.2 Å². The first kappa shape index (κ1) is 17.1. The normalized spacial score (nSPS) is 10.9. The van der Waals surface area contributed by atoms with Gasteiger partial charge in [0.2, 0.25) is 5.76 Å². The van der Waals surface area contributed by atoms with Crippen molar-refractivity contribution in [3.63, 3.8) is 0 Å². The number of ether oxygens (including phenoxy) is 1. The topological polar surface area (TPSA) is 83.3 Å². The predicted molar refractivity (Wildman–Crippen MR) is 96.6 cm³/mol. The molecule has 0 saturated carbocycles. The number of benzene rings is 1. The summed E-state index contributed by atoms with van der Waals surface area (Å²) in [7, 11) is 0. The number of nitrogens with zero attached hydrogens (tertiary/aromatic N) is 3. The van der Waals surface area contributed by atoms with Crippen molar-refractivity contribution < 1.29 is 18.5 Å². The summed E-state index contributed by atoms with van der Waals surface area (Å²) < 4.78 is 17.2. The van der Waals surface area contributed by atoms with Crippen LogP contribution in [0.4, 0.5) is 0 Å². The van der Waals surface area contributed by atoms with Gasteiger partial charge in [-0.05, 0) is 31.2 Å². The van der Waals surface area contributed by atoms with Gasteiger partial charge in [-0.15, -0.1) is 0 Å². The monoisotopic (exact) mass is 383 g/mol. The third-order valence-electron chi connectivity index (χ3n) is 3.88. The number of para-hydroxylation sites is 1. The molecule has 4 aromatic rings. The Bertz CT molecular complexity index is 1070. The first-order valence-electron chi connectivity index (χ1n) is 8.10. The zero-order chi connectivity index (χ0) is 18.8. The van der Waals surface area contributed by atoms with Crippen LogP contribution in [0.15, 0.2) is 63.7 Å². The molecule has 27 heavy (non-hydrogen) atoms. The number of hydrogen-bond donors (Lipinski definition) is 0. The molecule has 8 heteroatoms. The SMILES string of the molecule is Cc1nn(-c2ccccc2)c(Cl)c1C(=O)OCc1cc(-c2ccco2)on1. The molecule has 0 N–H and O–H groups in total. The summed E-state index contributed by atoms with van der Waals surface area (Å²) in [4.78, 5) is 12.5. The molecule has 0 bridgehead atoms. The Kier molecular flexibility index (Phi) is 4.52. The fourth-order valence-corrected chi connectivity index (χ4v) is 2.95. The van der Waals surface area contributed by atoms with Gasteiger partial charge in [0.25, 0.3) is 0 Å². The minimum absolute atomic E-state index is 0.0602. The highest BCUT2D eigenvalue weighted by atomic mass is 35.5. The molecule has 136 valence electrons. The first-order valence-corrected chi connectivity index (χ1v) is 8.48. The van der Waals surface area contributed by atoms with Crippen LogP contribution in [0.3, 0.4) is 0 Å². The van der Waals surface area contributed by atoms with Crippen LogP contribution in [-0.2, 0) is 11.3 Å². The predicted octanol–water partition coefficient (Wildman–Crippen LogP) is 4.44. The standard InChI is InChI=1S/C19H14ClN3O4/c1-12-17(18(20)23(21-12)14-6-3-2-4-7-14)19(24)26-11-13-10-16(27-22-13)15-8-5-9-25-15/h2-10H,11H2,1H3. The van der Waals surface area contributed by atoms with E-state index in [1.54, 1.807) is 25.1 Å². The summed E-state index contributed by atoms with van der Waals surface area (Å²) in [6.07, 6.45) is 1.53. The third-order valence-corrected chi connectivity index (χ3v) is 4.23. The highest BCUT2D eigenvalue weighted by Gasteiger charge is 2.23. The van der Waals surface area contributed by atoms with Gasteiger partial charge in [0.15, 0.2) is 5.76 Å². The molecule has 0 aliphatic rings. The number of rotatable bonds is 5. The van der Waals surface area contributed by atoms with E-state index < -0.39 is 5.97 Å². The highest BCUT2D eigenvalue weighted by molar-refractivity contribution is 6.33. The molecule has 0 amide bonds. The smallest absolute Gasteiger partial charge is 0.343 e. The van der Waals surface area contributed by atoms with Crippen molar-refractivity contribution in [3.05, 3.63) is 76.9 Å². The van der Waals surface area contributed by atoms with Crippen molar-refractivity contribution in [1.82, 2.24) is 14.9 Å². The Morgan fingerprint density at radius 3 is 2.74 bits per heavy atom. The third kappa shape index (κ3) is 3.37. The number of carbonyl (C=O) groups is 1. The van der Waals surface area contributed by atoms with E-state index in [0.717, 1.165) is 5.69 Å². The molecule has 0 saturated heterocycles. The van der Waals surface area contributed by atoms with E-state index in [0.29, 0.717) is 22.9 Å². The Hall–Kier alpha value is -3.32. The van der Waals surface area contributed by atoms with Crippen LogP contribution in [0.1, 0.15) is 21.7 Å². The van der Waals surface area contributed by atoms with Gasteiger partial charge in [-0.25, -0.2) is 9.48 Å². The van der Waals surface area contributed by atoms with Crippen LogP contribution in [0.5, 0.6) is 0 Å². The van der Waals surface area contributed by atoms with Gasteiger partial charge < -0.3 is 13.7 Å². The molecule has 3 aromatic heterocycles. The van der Waals surface area contributed by atoms with E-state index in [1.165, 1.54) is 10.9 Å². The molecule has 0 atom stereocenters. The second-order valence-electron chi connectivity index (χ2n) is 5.73. The summed E-state index contributed by atoms with van der Waals surface area (Å²) in [5, 5.41) is 8.40. The second-order valence-corrected chi connectivity index (χ2v) is 6.09. The van der Waals surface area contributed by atoms with Crippen LogP contribution < -0.4 is 0 Å². The number of hydrogen-bond acceptors (Lipinski definition) is 6. The molecule has 1 aromatic carbocycles. The van der Waals surface area contributed by atoms with Crippen LogP contribution >= 0.6 is 11.6 Å². The number of aromatic nitrogens is 3. The Morgan fingerprint density at radius 1 is 1.19 bits per heavy atom. The van der Waals surface area contributed by atoms with Crippen molar-refractivity contribution in [1.29, 1.82) is 0 Å². The number of carbonyl (C=O) groups excluding carboxylic acids is 1. The summed E-state index contributed by atoms with van der Waals surface area (Å²) in [5.74, 6) is 0.419. The Morgan fingerprint density at radius 2 is 2.00 bits per heavy atom. The summed E-state index contributed by atoms with van der Waals surface area (Å²) in [6.45, 7) is 1.64. The van der Waals surface area contributed by atoms with E-state index in [2.05, 4.69) is 10.3 Å². The molecule has 4 rings (SSSR count). The van der Waals surface area contributed by atoms with Crippen LogP contribution in [0.2, 0.25) is 5.15 Å². The average molecular weight is 384 g/mol.